The molecule has 2 heterocycles. The highest BCUT2D eigenvalue weighted by Gasteiger charge is 2.35. The van der Waals surface area contributed by atoms with Crippen LogP contribution in [0.2, 0.25) is 5.02 Å². The third kappa shape index (κ3) is 4.79. The molecule has 1 fully saturated rings. The Morgan fingerprint density at radius 3 is 2.56 bits per heavy atom. The fourth-order valence-electron chi connectivity index (χ4n) is 4.40. The number of fused-ring (bicyclic) bond motifs is 1. The van der Waals surface area contributed by atoms with E-state index in [2.05, 4.69) is 40.1 Å². The number of carbonyl (C=O) groups is 1. The zero-order valence-electron chi connectivity index (χ0n) is 19.9. The second-order valence-electron chi connectivity index (χ2n) is 8.83. The number of piperazine rings is 1. The lowest BCUT2D eigenvalue weighted by molar-refractivity contribution is -0.131. The third-order valence-corrected chi connectivity index (χ3v) is 6.68. The fourth-order valence-corrected chi connectivity index (χ4v) is 4.58. The molecule has 7 nitrogen and oxygen atoms in total. The average Bonchev–Trinajstić information content (AvgIpc) is 2.81. The minimum atomic E-state index is -0.477. The van der Waals surface area contributed by atoms with Gasteiger partial charge in [0.15, 0.2) is 0 Å². The number of benzene rings is 2. The molecule has 2 aromatic carbocycles. The Bertz CT molecular complexity index is 1210. The highest BCUT2D eigenvalue weighted by molar-refractivity contribution is 6.31. The summed E-state index contributed by atoms with van der Waals surface area (Å²) in [5.74, 6) is 0.986. The Morgan fingerprint density at radius 2 is 1.91 bits per heavy atom. The number of halogens is 2. The lowest BCUT2D eigenvalue weighted by Gasteiger charge is -2.44. The van der Waals surface area contributed by atoms with E-state index in [0.717, 1.165) is 35.3 Å². The van der Waals surface area contributed by atoms with Gasteiger partial charge in [0.25, 0.3) is 0 Å². The van der Waals surface area contributed by atoms with Crippen LogP contribution in [0.25, 0.3) is 10.9 Å². The molecule has 1 aliphatic rings. The van der Waals surface area contributed by atoms with Crippen LogP contribution in [0, 0.1) is 5.82 Å². The van der Waals surface area contributed by atoms with Gasteiger partial charge in [-0.1, -0.05) is 11.6 Å². The number of aromatic nitrogens is 2. The minimum Gasteiger partial charge on any atom is -0.493 e. The molecule has 1 aliphatic heterocycles. The number of hydrogen-bond acceptors (Lipinski definition) is 6. The van der Waals surface area contributed by atoms with Gasteiger partial charge in [0, 0.05) is 61.3 Å². The Hall–Kier alpha value is -2.97. The van der Waals surface area contributed by atoms with E-state index in [1.807, 2.05) is 17.9 Å². The summed E-state index contributed by atoms with van der Waals surface area (Å²) < 4.78 is 19.6. The molecule has 0 saturated carbocycles. The number of hydrogen-bond donors (Lipinski definition) is 1. The van der Waals surface area contributed by atoms with Crippen LogP contribution in [0.1, 0.15) is 33.3 Å². The van der Waals surface area contributed by atoms with Gasteiger partial charge in [-0.15, -0.1) is 0 Å². The molecule has 0 aliphatic carbocycles. The van der Waals surface area contributed by atoms with Crippen molar-refractivity contribution < 1.29 is 13.9 Å². The maximum atomic E-state index is 13.6. The number of nitrogens with one attached hydrogen (secondary N) is 1. The zero-order valence-corrected chi connectivity index (χ0v) is 20.6. The van der Waals surface area contributed by atoms with Gasteiger partial charge in [0.1, 0.15) is 23.7 Å². The molecule has 1 aromatic heterocycles. The molecular formula is C25H29ClFN5O2. The maximum Gasteiger partial charge on any atom is 0.219 e. The SMILES string of the molecule is CCOc1cc2ncnc(Nc3ccc(F)c(Cl)c3)c2cc1C(C)(C)N1CCN(C(C)=O)CC1. The number of ether oxygens (including phenoxy) is 1. The van der Waals surface area contributed by atoms with Crippen molar-refractivity contribution in [1.29, 1.82) is 0 Å². The molecule has 9 heteroatoms. The summed E-state index contributed by atoms with van der Waals surface area (Å²) in [5, 5.41) is 4.09. The van der Waals surface area contributed by atoms with Crippen LogP contribution in [0.15, 0.2) is 36.7 Å². The molecule has 0 unspecified atom stereocenters. The maximum absolute atomic E-state index is 13.6. The van der Waals surface area contributed by atoms with Crippen molar-refractivity contribution in [3.8, 4) is 5.75 Å². The number of carbonyl (C=O) groups excluding carboxylic acids is 1. The standard InChI is InChI=1S/C25H29ClFN5O2/c1-5-34-23-14-22-18(24(29-15-28-22)30-17-6-7-21(27)20(26)12-17)13-19(23)25(3,4)32-10-8-31(9-11-32)16(2)33/h6-7,12-15H,5,8-11H2,1-4H3,(H,28,29,30). The van der Waals surface area contributed by atoms with Gasteiger partial charge in [0.2, 0.25) is 5.91 Å². The summed E-state index contributed by atoms with van der Waals surface area (Å²) in [6, 6.07) is 8.45. The van der Waals surface area contributed by atoms with Crippen molar-refractivity contribution in [2.24, 2.45) is 0 Å². The first-order chi connectivity index (χ1) is 16.2. The van der Waals surface area contributed by atoms with Crippen LogP contribution in [-0.2, 0) is 10.3 Å². The summed E-state index contributed by atoms with van der Waals surface area (Å²) in [7, 11) is 0. The smallest absolute Gasteiger partial charge is 0.219 e. The fraction of sp³-hybridized carbons (Fsp3) is 0.400. The molecule has 34 heavy (non-hydrogen) atoms. The van der Waals surface area contributed by atoms with Crippen LogP contribution < -0.4 is 10.1 Å². The van der Waals surface area contributed by atoms with Crippen LogP contribution in [0.3, 0.4) is 0 Å². The first kappa shape index (κ1) is 24.2. The van der Waals surface area contributed by atoms with Gasteiger partial charge >= 0.3 is 0 Å². The number of rotatable bonds is 6. The van der Waals surface area contributed by atoms with Crippen LogP contribution >= 0.6 is 11.6 Å². The quantitative estimate of drug-likeness (QED) is 0.532. The zero-order chi connectivity index (χ0) is 24.5. The monoisotopic (exact) mass is 485 g/mol. The first-order valence-corrected chi connectivity index (χ1v) is 11.7. The van der Waals surface area contributed by atoms with Crippen molar-refractivity contribution >= 4 is 39.9 Å². The summed E-state index contributed by atoms with van der Waals surface area (Å²) in [6.07, 6.45) is 1.48. The van der Waals surface area contributed by atoms with E-state index < -0.39 is 5.82 Å². The normalized spacial score (nSPS) is 14.9. The average molecular weight is 486 g/mol. The van der Waals surface area contributed by atoms with E-state index in [9.17, 15) is 9.18 Å². The number of anilines is 2. The van der Waals surface area contributed by atoms with Crippen LogP contribution in [0.4, 0.5) is 15.9 Å². The van der Waals surface area contributed by atoms with Gasteiger partial charge in [-0.05, 0) is 45.0 Å². The Morgan fingerprint density at radius 1 is 1.18 bits per heavy atom. The van der Waals surface area contributed by atoms with E-state index >= 15 is 0 Å². The molecule has 0 radical (unpaired) electrons. The molecule has 1 amide bonds. The van der Waals surface area contributed by atoms with Gasteiger partial charge in [-0.25, -0.2) is 14.4 Å². The molecule has 0 spiro atoms. The Kier molecular flexibility index (Phi) is 6.91. The lowest BCUT2D eigenvalue weighted by Crippen LogP contribution is -2.54. The molecule has 0 atom stereocenters. The molecule has 180 valence electrons. The molecule has 3 aromatic rings. The van der Waals surface area contributed by atoms with E-state index in [-0.39, 0.29) is 16.5 Å². The predicted octanol–water partition coefficient (Wildman–Crippen LogP) is 4.96. The van der Waals surface area contributed by atoms with Crippen LogP contribution in [-0.4, -0.2) is 58.5 Å². The summed E-state index contributed by atoms with van der Waals surface area (Å²) in [5.41, 5.74) is 2.00. The van der Waals surface area contributed by atoms with Crippen molar-refractivity contribution in [3.63, 3.8) is 0 Å². The third-order valence-electron chi connectivity index (χ3n) is 6.39. The predicted molar refractivity (Wildman–Crippen MR) is 132 cm³/mol. The van der Waals surface area contributed by atoms with Gasteiger partial charge < -0.3 is 15.0 Å². The molecule has 4 rings (SSSR count). The second kappa shape index (κ2) is 9.72. The van der Waals surface area contributed by atoms with Crippen LogP contribution in [0.5, 0.6) is 5.75 Å². The summed E-state index contributed by atoms with van der Waals surface area (Å²) in [4.78, 5) is 24.9. The van der Waals surface area contributed by atoms with Gasteiger partial charge in [-0.3, -0.25) is 9.69 Å². The molecule has 1 saturated heterocycles. The molecular weight excluding hydrogens is 457 g/mol. The Balaban J connectivity index is 1.74. The van der Waals surface area contributed by atoms with Crippen molar-refractivity contribution in [3.05, 3.63) is 53.1 Å². The topological polar surface area (TPSA) is 70.6 Å². The van der Waals surface area contributed by atoms with Gasteiger partial charge in [-0.2, -0.15) is 0 Å². The molecule has 1 N–H and O–H groups in total. The number of nitrogens with zero attached hydrogens (tertiary/aromatic N) is 4. The van der Waals surface area contributed by atoms with E-state index in [0.29, 0.717) is 31.2 Å². The van der Waals surface area contributed by atoms with E-state index in [1.54, 1.807) is 13.0 Å². The van der Waals surface area contributed by atoms with E-state index in [4.69, 9.17) is 16.3 Å². The highest BCUT2D eigenvalue weighted by Crippen LogP contribution is 2.39. The second-order valence-corrected chi connectivity index (χ2v) is 9.23. The van der Waals surface area contributed by atoms with Gasteiger partial charge in [0.05, 0.1) is 17.1 Å². The first-order valence-electron chi connectivity index (χ1n) is 11.4. The Labute approximate surface area is 203 Å². The minimum absolute atomic E-state index is 0.0357. The highest BCUT2D eigenvalue weighted by atomic mass is 35.5. The lowest BCUT2D eigenvalue weighted by atomic mass is 9.89. The van der Waals surface area contributed by atoms with Crippen molar-refractivity contribution in [2.45, 2.75) is 33.2 Å². The molecule has 0 bridgehead atoms. The van der Waals surface area contributed by atoms with Crippen molar-refractivity contribution in [2.75, 3.05) is 38.1 Å². The summed E-state index contributed by atoms with van der Waals surface area (Å²) >= 11 is 5.96. The summed E-state index contributed by atoms with van der Waals surface area (Å²) in [6.45, 7) is 11.3. The van der Waals surface area contributed by atoms with E-state index in [1.165, 1.54) is 18.5 Å². The largest absolute Gasteiger partial charge is 0.493 e. The number of amides is 1. The van der Waals surface area contributed by atoms with Crippen molar-refractivity contribution in [1.82, 2.24) is 19.8 Å².